The van der Waals surface area contributed by atoms with Gasteiger partial charge in [0.05, 0.1) is 17.4 Å². The smallest absolute Gasteiger partial charge is 0.255 e. The summed E-state index contributed by atoms with van der Waals surface area (Å²) in [4.78, 5) is 35.1. The van der Waals surface area contributed by atoms with Crippen LogP contribution in [0.5, 0.6) is 5.75 Å². The van der Waals surface area contributed by atoms with Crippen LogP contribution in [0, 0.1) is 18.6 Å². The average molecular weight is 602 g/mol. The first kappa shape index (κ1) is 30.4. The number of ether oxygens (including phenoxy) is 1. The number of benzene rings is 2. The lowest BCUT2D eigenvalue weighted by Crippen LogP contribution is -2.50. The number of hydrogen-bond acceptors (Lipinski definition) is 5. The fourth-order valence-electron chi connectivity index (χ4n) is 6.74. The van der Waals surface area contributed by atoms with Gasteiger partial charge in [0.15, 0.2) is 17.4 Å². The first-order valence-corrected chi connectivity index (χ1v) is 16.0. The number of nitrogens with zero attached hydrogens (tertiary/aromatic N) is 3. The van der Waals surface area contributed by atoms with E-state index in [2.05, 4.69) is 16.0 Å². The summed E-state index contributed by atoms with van der Waals surface area (Å²) in [7, 11) is 0. The number of Topliss-reactive ketones (excluding diaryl/α,β-unsaturated/α-hetero) is 1. The van der Waals surface area contributed by atoms with Gasteiger partial charge < -0.3 is 9.64 Å². The standard InChI is InChI=1S/C36H41F2N3O3/c1-5-34(42)27-18-30-33(39-22(27)4)12-15-41(36(30)43)26-10-13-40(14-11-26)20-25-16-28(23-6-7-23)29(19-35(25)44-21(2)3)24-8-9-31(37)32(38)17-24/h8-9,16-19,21,23,26H,5-7,10-15,20H2,1-4H3. The quantitative estimate of drug-likeness (QED) is 0.242. The highest BCUT2D eigenvalue weighted by molar-refractivity contribution is 6.02. The Hall–Kier alpha value is -3.65. The molecule has 6 rings (SSSR count). The second-order valence-corrected chi connectivity index (χ2v) is 12.8. The van der Waals surface area contributed by atoms with Crippen LogP contribution < -0.4 is 4.74 Å². The zero-order chi connectivity index (χ0) is 31.1. The number of piperidine rings is 1. The molecule has 0 spiro atoms. The van der Waals surface area contributed by atoms with E-state index in [4.69, 9.17) is 4.74 Å². The van der Waals surface area contributed by atoms with E-state index in [9.17, 15) is 18.4 Å². The number of aromatic nitrogens is 1. The molecule has 2 aliphatic heterocycles. The number of likely N-dealkylation sites (tertiary alicyclic amines) is 1. The van der Waals surface area contributed by atoms with E-state index in [1.807, 2.05) is 38.7 Å². The number of ketones is 1. The molecule has 0 bridgehead atoms. The molecule has 1 saturated heterocycles. The van der Waals surface area contributed by atoms with Crippen molar-refractivity contribution in [3.8, 4) is 16.9 Å². The van der Waals surface area contributed by atoms with Gasteiger partial charge in [-0.3, -0.25) is 19.5 Å². The van der Waals surface area contributed by atoms with Gasteiger partial charge in [0.25, 0.3) is 5.91 Å². The van der Waals surface area contributed by atoms with Crippen LogP contribution in [0.4, 0.5) is 8.78 Å². The van der Waals surface area contributed by atoms with Crippen LogP contribution in [0.3, 0.4) is 0 Å². The Labute approximate surface area is 258 Å². The summed E-state index contributed by atoms with van der Waals surface area (Å²) >= 11 is 0. The van der Waals surface area contributed by atoms with Gasteiger partial charge in [-0.1, -0.05) is 13.0 Å². The topological polar surface area (TPSA) is 62.7 Å². The van der Waals surface area contributed by atoms with Gasteiger partial charge in [0.2, 0.25) is 0 Å². The fraction of sp³-hybridized carbons (Fsp3) is 0.472. The Morgan fingerprint density at radius 1 is 1.00 bits per heavy atom. The monoisotopic (exact) mass is 601 g/mol. The highest BCUT2D eigenvalue weighted by Gasteiger charge is 2.34. The zero-order valence-corrected chi connectivity index (χ0v) is 26.1. The van der Waals surface area contributed by atoms with E-state index in [0.717, 1.165) is 67.9 Å². The molecule has 3 aliphatic rings. The number of pyridine rings is 1. The van der Waals surface area contributed by atoms with Gasteiger partial charge in [0.1, 0.15) is 5.75 Å². The molecule has 0 radical (unpaired) electrons. The van der Waals surface area contributed by atoms with Crippen LogP contribution >= 0.6 is 0 Å². The van der Waals surface area contributed by atoms with Crippen LogP contribution in [0.25, 0.3) is 11.1 Å². The van der Waals surface area contributed by atoms with Crippen LogP contribution in [-0.4, -0.2) is 58.3 Å². The minimum atomic E-state index is -0.848. The van der Waals surface area contributed by atoms with Crippen molar-refractivity contribution < 1.29 is 23.1 Å². The second kappa shape index (κ2) is 12.4. The van der Waals surface area contributed by atoms with Crippen molar-refractivity contribution in [2.75, 3.05) is 19.6 Å². The Morgan fingerprint density at radius 2 is 1.75 bits per heavy atom. The van der Waals surface area contributed by atoms with Crippen molar-refractivity contribution in [2.45, 2.75) is 90.8 Å². The summed E-state index contributed by atoms with van der Waals surface area (Å²) in [5, 5.41) is 0. The van der Waals surface area contributed by atoms with E-state index >= 15 is 0 Å². The molecule has 1 amide bonds. The molecule has 2 fully saturated rings. The molecule has 2 aromatic carbocycles. The molecule has 0 N–H and O–H groups in total. The molecule has 1 aromatic heterocycles. The molecule has 0 unspecified atom stereocenters. The maximum atomic E-state index is 14.2. The Morgan fingerprint density at radius 3 is 2.41 bits per heavy atom. The number of carbonyl (C=O) groups is 2. The number of halogens is 2. The average Bonchev–Trinajstić information content (AvgIpc) is 3.85. The summed E-state index contributed by atoms with van der Waals surface area (Å²) in [6.45, 7) is 10.7. The summed E-state index contributed by atoms with van der Waals surface area (Å²) in [5.41, 5.74) is 6.46. The molecule has 44 heavy (non-hydrogen) atoms. The summed E-state index contributed by atoms with van der Waals surface area (Å²) in [6.07, 6.45) is 4.95. The highest BCUT2D eigenvalue weighted by Crippen LogP contribution is 2.47. The van der Waals surface area contributed by atoms with Crippen LogP contribution in [0.15, 0.2) is 36.4 Å². The minimum Gasteiger partial charge on any atom is -0.491 e. The van der Waals surface area contributed by atoms with Gasteiger partial charge in [0, 0.05) is 61.9 Å². The number of aryl methyl sites for hydroxylation is 1. The normalized spacial score (nSPS) is 17.7. The van der Waals surface area contributed by atoms with E-state index in [-0.39, 0.29) is 23.8 Å². The van der Waals surface area contributed by atoms with Crippen molar-refractivity contribution >= 4 is 11.7 Å². The van der Waals surface area contributed by atoms with Gasteiger partial charge in [-0.05, 0) is 99.4 Å². The SMILES string of the molecule is CCC(=O)c1cc2c(nc1C)CCN(C1CCN(Cc3cc(C4CC4)c(-c4ccc(F)c(F)c4)cc3OC(C)C)CC1)C2=O. The van der Waals surface area contributed by atoms with Crippen LogP contribution in [0.1, 0.15) is 102 Å². The van der Waals surface area contributed by atoms with Gasteiger partial charge in [-0.15, -0.1) is 0 Å². The number of fused-ring (bicyclic) bond motifs is 1. The molecule has 1 aliphatic carbocycles. The summed E-state index contributed by atoms with van der Waals surface area (Å²) in [5.74, 6) is -0.515. The van der Waals surface area contributed by atoms with Gasteiger partial charge in [-0.25, -0.2) is 8.78 Å². The largest absolute Gasteiger partial charge is 0.491 e. The second-order valence-electron chi connectivity index (χ2n) is 12.8. The molecule has 3 aromatic rings. The maximum Gasteiger partial charge on any atom is 0.255 e. The van der Waals surface area contributed by atoms with Gasteiger partial charge >= 0.3 is 0 Å². The van der Waals surface area contributed by atoms with E-state index in [0.29, 0.717) is 47.7 Å². The zero-order valence-electron chi connectivity index (χ0n) is 26.1. The third-order valence-corrected chi connectivity index (χ3v) is 9.23. The Bertz CT molecular complexity index is 1590. The molecule has 0 atom stereocenters. The first-order valence-electron chi connectivity index (χ1n) is 16.0. The number of rotatable bonds is 9. The fourth-order valence-corrected chi connectivity index (χ4v) is 6.74. The Kier molecular flexibility index (Phi) is 8.55. The lowest BCUT2D eigenvalue weighted by atomic mass is 9.92. The predicted octanol–water partition coefficient (Wildman–Crippen LogP) is 7.26. The van der Waals surface area contributed by atoms with Crippen LogP contribution in [0.2, 0.25) is 0 Å². The number of amides is 1. The van der Waals surface area contributed by atoms with Crippen LogP contribution in [-0.2, 0) is 13.0 Å². The third-order valence-electron chi connectivity index (χ3n) is 9.23. The van der Waals surface area contributed by atoms with Crippen molar-refractivity contribution in [2.24, 2.45) is 0 Å². The molecule has 3 heterocycles. The van der Waals surface area contributed by atoms with E-state index < -0.39 is 11.6 Å². The first-order chi connectivity index (χ1) is 21.1. The maximum absolute atomic E-state index is 14.2. The van der Waals surface area contributed by atoms with Crippen molar-refractivity contribution in [1.29, 1.82) is 0 Å². The van der Waals surface area contributed by atoms with E-state index in [1.54, 1.807) is 12.1 Å². The highest BCUT2D eigenvalue weighted by atomic mass is 19.2. The predicted molar refractivity (Wildman–Crippen MR) is 166 cm³/mol. The number of hydrogen-bond donors (Lipinski definition) is 0. The summed E-state index contributed by atoms with van der Waals surface area (Å²) < 4.78 is 34.2. The lowest BCUT2D eigenvalue weighted by molar-refractivity contribution is 0.0543. The van der Waals surface area contributed by atoms with Gasteiger partial charge in [-0.2, -0.15) is 0 Å². The van der Waals surface area contributed by atoms with Crippen molar-refractivity contribution in [3.63, 3.8) is 0 Å². The minimum absolute atomic E-state index is 0.0135. The molecule has 232 valence electrons. The molecule has 1 saturated carbocycles. The molecule has 8 heteroatoms. The summed E-state index contributed by atoms with van der Waals surface area (Å²) in [6, 6.07) is 10.2. The van der Waals surface area contributed by atoms with Crippen molar-refractivity contribution in [3.05, 3.63) is 81.7 Å². The molecular weight excluding hydrogens is 560 g/mol. The number of carbonyl (C=O) groups excluding carboxylic acids is 2. The third kappa shape index (κ3) is 6.14. The van der Waals surface area contributed by atoms with Crippen molar-refractivity contribution in [1.82, 2.24) is 14.8 Å². The molecule has 6 nitrogen and oxygen atoms in total. The lowest BCUT2D eigenvalue weighted by Gasteiger charge is -2.40. The Balaban J connectivity index is 1.19. The van der Waals surface area contributed by atoms with E-state index in [1.165, 1.54) is 17.7 Å². The molecular formula is C36H41F2N3O3.